The van der Waals surface area contributed by atoms with Crippen molar-refractivity contribution in [2.24, 2.45) is 5.73 Å². The number of carbonyl (C=O) groups is 1. The summed E-state index contributed by atoms with van der Waals surface area (Å²) in [6.07, 6.45) is -0.116. The molecule has 0 fully saturated rings. The summed E-state index contributed by atoms with van der Waals surface area (Å²) in [5.41, 5.74) is 5.07. The summed E-state index contributed by atoms with van der Waals surface area (Å²) in [7, 11) is 1.57. The normalized spacial score (nSPS) is 11.1. The molecule has 0 rings (SSSR count). The van der Waals surface area contributed by atoms with Gasteiger partial charge in [0.15, 0.2) is 0 Å². The van der Waals surface area contributed by atoms with E-state index < -0.39 is 5.97 Å². The van der Waals surface area contributed by atoms with Gasteiger partial charge in [0.1, 0.15) is 6.23 Å². The second-order valence-electron chi connectivity index (χ2n) is 1.46. The van der Waals surface area contributed by atoms with Gasteiger partial charge in [-0.2, -0.15) is 0 Å². The van der Waals surface area contributed by atoms with E-state index in [0.29, 0.717) is 0 Å². The lowest BCUT2D eigenvalue weighted by molar-refractivity contribution is -0.134. The Morgan fingerprint density at radius 2 is 1.89 bits per heavy atom. The largest absolute Gasteiger partial charge is 0.481 e. The molecule has 4 nitrogen and oxygen atoms in total. The minimum Gasteiger partial charge on any atom is -0.481 e. The summed E-state index contributed by atoms with van der Waals surface area (Å²) in [6.45, 7) is 2.86. The van der Waals surface area contributed by atoms with E-state index in [1.165, 1.54) is 0 Å². The summed E-state index contributed by atoms with van der Waals surface area (Å²) in [5, 5.41) is 7.42. The molecule has 0 spiro atoms. The minimum atomic E-state index is -0.833. The first-order chi connectivity index (χ1) is 4.00. The van der Waals surface area contributed by atoms with Crippen molar-refractivity contribution in [1.29, 1.82) is 0 Å². The quantitative estimate of drug-likeness (QED) is 0.497. The van der Waals surface area contributed by atoms with Gasteiger partial charge in [-0.1, -0.05) is 0 Å². The topological polar surface area (TPSA) is 72.5 Å². The van der Waals surface area contributed by atoms with Crippen molar-refractivity contribution in [3.8, 4) is 0 Å². The molecule has 0 aliphatic rings. The first-order valence-corrected chi connectivity index (χ1v) is 2.48. The molecule has 1 atom stereocenters. The minimum absolute atomic E-state index is 0.116. The van der Waals surface area contributed by atoms with Crippen LogP contribution in [0.4, 0.5) is 0 Å². The molecule has 0 aromatic carbocycles. The van der Waals surface area contributed by atoms with E-state index in [-0.39, 0.29) is 6.23 Å². The Kier molecular flexibility index (Phi) is 9.21. The van der Waals surface area contributed by atoms with Crippen LogP contribution in [-0.4, -0.2) is 24.4 Å². The number of rotatable bonds is 1. The first kappa shape index (κ1) is 11.2. The lowest BCUT2D eigenvalue weighted by atomic mass is 10.7. The number of nitrogens with two attached hydrogens (primary N) is 1. The van der Waals surface area contributed by atoms with Crippen molar-refractivity contribution in [2.75, 3.05) is 7.11 Å². The molecule has 0 aliphatic carbocycles. The van der Waals surface area contributed by atoms with Crippen LogP contribution in [0.3, 0.4) is 0 Å². The summed E-state index contributed by atoms with van der Waals surface area (Å²) >= 11 is 0. The second-order valence-corrected chi connectivity index (χ2v) is 1.46. The molecule has 1 unspecified atom stereocenters. The third-order valence-electron chi connectivity index (χ3n) is 0.372. The van der Waals surface area contributed by atoms with Gasteiger partial charge in [-0.15, -0.1) is 0 Å². The first-order valence-electron chi connectivity index (χ1n) is 2.48. The van der Waals surface area contributed by atoms with Crippen LogP contribution in [0.5, 0.6) is 0 Å². The highest BCUT2D eigenvalue weighted by molar-refractivity contribution is 5.62. The Balaban J connectivity index is 0. The maximum Gasteiger partial charge on any atom is 0.300 e. The molecule has 0 saturated carbocycles. The molecular formula is C5H13NO3. The average molecular weight is 135 g/mol. The molecular weight excluding hydrogens is 122 g/mol. The van der Waals surface area contributed by atoms with Gasteiger partial charge >= 0.3 is 0 Å². The maximum absolute atomic E-state index is 9.00. The number of hydrogen-bond donors (Lipinski definition) is 2. The molecule has 9 heavy (non-hydrogen) atoms. The van der Waals surface area contributed by atoms with Gasteiger partial charge < -0.3 is 15.6 Å². The molecule has 0 bridgehead atoms. The molecule has 0 radical (unpaired) electrons. The van der Waals surface area contributed by atoms with Crippen molar-refractivity contribution in [2.45, 2.75) is 20.1 Å². The number of methoxy groups -OCH3 is 1. The van der Waals surface area contributed by atoms with Gasteiger partial charge in [-0.05, 0) is 6.92 Å². The molecule has 0 aromatic rings. The van der Waals surface area contributed by atoms with Gasteiger partial charge in [0.25, 0.3) is 5.97 Å². The van der Waals surface area contributed by atoms with Crippen LogP contribution in [0.2, 0.25) is 0 Å². The Hall–Kier alpha value is -0.610. The highest BCUT2D eigenvalue weighted by Crippen LogP contribution is 1.66. The van der Waals surface area contributed by atoms with Crippen LogP contribution in [0, 0.1) is 0 Å². The van der Waals surface area contributed by atoms with E-state index >= 15 is 0 Å². The summed E-state index contributed by atoms with van der Waals surface area (Å²) < 4.78 is 4.53. The van der Waals surface area contributed by atoms with Gasteiger partial charge in [0.2, 0.25) is 0 Å². The zero-order chi connectivity index (χ0) is 7.86. The number of ether oxygens (including phenoxy) is 1. The van der Waals surface area contributed by atoms with Crippen LogP contribution in [-0.2, 0) is 9.53 Å². The molecule has 0 aromatic heterocycles. The molecule has 3 N–H and O–H groups in total. The van der Waals surface area contributed by atoms with Gasteiger partial charge in [-0.3, -0.25) is 4.79 Å². The van der Waals surface area contributed by atoms with Crippen molar-refractivity contribution in [1.82, 2.24) is 0 Å². The van der Waals surface area contributed by atoms with Crippen molar-refractivity contribution >= 4 is 5.97 Å². The van der Waals surface area contributed by atoms with Crippen LogP contribution in [0.15, 0.2) is 0 Å². The summed E-state index contributed by atoms with van der Waals surface area (Å²) in [5.74, 6) is -0.833. The number of carboxylic acids is 1. The zero-order valence-corrected chi connectivity index (χ0v) is 5.92. The second kappa shape index (κ2) is 7.39. The standard InChI is InChI=1S/C3H9NO.C2H4O2/c1-3(4)5-2;1-2(3)4/h3H,4H2,1-2H3;1H3,(H,3,4). The summed E-state index contributed by atoms with van der Waals surface area (Å²) in [6, 6.07) is 0. The average Bonchev–Trinajstić information content (AvgIpc) is 1.65. The number of hydrogen-bond acceptors (Lipinski definition) is 3. The van der Waals surface area contributed by atoms with Crippen molar-refractivity contribution in [3.05, 3.63) is 0 Å². The predicted octanol–water partition coefficient (Wildman–Crippen LogP) is 0.0284. The van der Waals surface area contributed by atoms with Gasteiger partial charge in [-0.25, -0.2) is 0 Å². The zero-order valence-electron chi connectivity index (χ0n) is 5.92. The van der Waals surface area contributed by atoms with E-state index in [4.69, 9.17) is 15.6 Å². The lowest BCUT2D eigenvalue weighted by Gasteiger charge is -1.95. The molecule has 0 aliphatic heterocycles. The van der Waals surface area contributed by atoms with Crippen LogP contribution in [0.1, 0.15) is 13.8 Å². The maximum atomic E-state index is 9.00. The summed E-state index contributed by atoms with van der Waals surface area (Å²) in [4.78, 5) is 9.00. The van der Waals surface area contributed by atoms with Crippen LogP contribution in [0.25, 0.3) is 0 Å². The van der Waals surface area contributed by atoms with E-state index in [1.54, 1.807) is 14.0 Å². The van der Waals surface area contributed by atoms with E-state index in [1.807, 2.05) is 0 Å². The third-order valence-corrected chi connectivity index (χ3v) is 0.372. The molecule has 56 valence electrons. The van der Waals surface area contributed by atoms with Crippen LogP contribution >= 0.6 is 0 Å². The predicted molar refractivity (Wildman–Crippen MR) is 34.0 cm³/mol. The van der Waals surface area contributed by atoms with Gasteiger partial charge in [0, 0.05) is 14.0 Å². The smallest absolute Gasteiger partial charge is 0.300 e. The molecule has 0 heterocycles. The number of aliphatic carboxylic acids is 1. The van der Waals surface area contributed by atoms with Crippen molar-refractivity contribution in [3.63, 3.8) is 0 Å². The Labute approximate surface area is 54.6 Å². The fraction of sp³-hybridized carbons (Fsp3) is 0.800. The van der Waals surface area contributed by atoms with E-state index in [2.05, 4.69) is 4.74 Å². The SMILES string of the molecule is CC(=O)O.COC(C)N. The number of carboxylic acid groups (broad SMARTS) is 1. The lowest BCUT2D eigenvalue weighted by Crippen LogP contribution is -2.15. The molecule has 0 saturated heterocycles. The highest BCUT2D eigenvalue weighted by Gasteiger charge is 1.78. The van der Waals surface area contributed by atoms with E-state index in [9.17, 15) is 0 Å². The Morgan fingerprint density at radius 1 is 1.78 bits per heavy atom. The Bertz CT molecular complexity index is 68.6. The molecule has 4 heteroatoms. The van der Waals surface area contributed by atoms with Crippen molar-refractivity contribution < 1.29 is 14.6 Å². The van der Waals surface area contributed by atoms with Crippen LogP contribution < -0.4 is 5.73 Å². The highest BCUT2D eigenvalue weighted by atomic mass is 16.5. The van der Waals surface area contributed by atoms with E-state index in [0.717, 1.165) is 6.92 Å². The monoisotopic (exact) mass is 135 g/mol. The Morgan fingerprint density at radius 3 is 1.89 bits per heavy atom. The van der Waals surface area contributed by atoms with Gasteiger partial charge in [0.05, 0.1) is 0 Å². The fourth-order valence-corrected chi connectivity index (χ4v) is 0. The fourth-order valence-electron chi connectivity index (χ4n) is 0. The molecule has 0 amide bonds. The third kappa shape index (κ3) is 111.